The molecule has 5 heteroatoms. The SMILES string of the molecule is CCc1cn[nH]c1NC(=O)C(C)(CC)CN. The first-order chi connectivity index (χ1) is 7.57. The molecule has 0 aliphatic rings. The summed E-state index contributed by atoms with van der Waals surface area (Å²) in [6.07, 6.45) is 3.27. The van der Waals surface area contributed by atoms with E-state index >= 15 is 0 Å². The molecule has 4 N–H and O–H groups in total. The van der Waals surface area contributed by atoms with Gasteiger partial charge in [0.1, 0.15) is 5.82 Å². The van der Waals surface area contributed by atoms with Crippen molar-refractivity contribution in [3.05, 3.63) is 11.8 Å². The van der Waals surface area contributed by atoms with Gasteiger partial charge in [-0.1, -0.05) is 13.8 Å². The normalized spacial score (nSPS) is 14.5. The number of amides is 1. The minimum absolute atomic E-state index is 0.0588. The van der Waals surface area contributed by atoms with Crippen molar-refractivity contribution in [1.82, 2.24) is 10.2 Å². The van der Waals surface area contributed by atoms with Crippen molar-refractivity contribution in [3.8, 4) is 0 Å². The van der Waals surface area contributed by atoms with E-state index in [2.05, 4.69) is 15.5 Å². The Hall–Kier alpha value is -1.36. The zero-order valence-corrected chi connectivity index (χ0v) is 10.1. The van der Waals surface area contributed by atoms with Crippen LogP contribution in [0.15, 0.2) is 6.20 Å². The van der Waals surface area contributed by atoms with E-state index in [1.54, 1.807) is 6.20 Å². The Bertz CT molecular complexity index is 355. The molecular formula is C11H20N4O. The molecule has 1 aromatic rings. The molecule has 0 aromatic carbocycles. The summed E-state index contributed by atoms with van der Waals surface area (Å²) < 4.78 is 0. The highest BCUT2D eigenvalue weighted by molar-refractivity contribution is 5.94. The Balaban J connectivity index is 2.78. The molecule has 1 rings (SSSR count). The highest BCUT2D eigenvalue weighted by Gasteiger charge is 2.30. The molecule has 1 unspecified atom stereocenters. The first-order valence-electron chi connectivity index (χ1n) is 5.61. The van der Waals surface area contributed by atoms with Gasteiger partial charge in [0.25, 0.3) is 0 Å². The van der Waals surface area contributed by atoms with E-state index < -0.39 is 5.41 Å². The lowest BCUT2D eigenvalue weighted by molar-refractivity contribution is -0.124. The molecule has 0 saturated heterocycles. The summed E-state index contributed by atoms with van der Waals surface area (Å²) in [7, 11) is 0. The molecule has 90 valence electrons. The predicted octanol–water partition coefficient (Wildman–Crippen LogP) is 1.29. The van der Waals surface area contributed by atoms with E-state index in [4.69, 9.17) is 5.73 Å². The third-order valence-corrected chi connectivity index (χ3v) is 3.12. The fraction of sp³-hybridized carbons (Fsp3) is 0.636. The van der Waals surface area contributed by atoms with E-state index in [-0.39, 0.29) is 5.91 Å². The quantitative estimate of drug-likeness (QED) is 0.704. The second kappa shape index (κ2) is 5.12. The van der Waals surface area contributed by atoms with E-state index in [0.29, 0.717) is 18.8 Å². The number of anilines is 1. The molecule has 0 radical (unpaired) electrons. The average Bonchev–Trinajstić information content (AvgIpc) is 2.75. The Morgan fingerprint density at radius 1 is 1.62 bits per heavy atom. The van der Waals surface area contributed by atoms with Crippen molar-refractivity contribution >= 4 is 11.7 Å². The van der Waals surface area contributed by atoms with Gasteiger partial charge in [0.2, 0.25) is 5.91 Å². The Morgan fingerprint density at radius 3 is 2.81 bits per heavy atom. The van der Waals surface area contributed by atoms with Crippen molar-refractivity contribution in [2.75, 3.05) is 11.9 Å². The smallest absolute Gasteiger partial charge is 0.232 e. The van der Waals surface area contributed by atoms with Gasteiger partial charge < -0.3 is 11.1 Å². The maximum absolute atomic E-state index is 12.0. The molecular weight excluding hydrogens is 204 g/mol. The lowest BCUT2D eigenvalue weighted by Gasteiger charge is -2.24. The molecule has 0 fully saturated rings. The number of nitrogens with two attached hydrogens (primary N) is 1. The van der Waals surface area contributed by atoms with Crippen LogP contribution in [0, 0.1) is 5.41 Å². The summed E-state index contributed by atoms with van der Waals surface area (Å²) >= 11 is 0. The number of aromatic amines is 1. The predicted molar refractivity (Wildman–Crippen MR) is 64.0 cm³/mol. The van der Waals surface area contributed by atoms with Gasteiger partial charge in [-0.05, 0) is 19.8 Å². The van der Waals surface area contributed by atoms with Crippen LogP contribution in [0.25, 0.3) is 0 Å². The zero-order chi connectivity index (χ0) is 12.2. The molecule has 0 bridgehead atoms. The fourth-order valence-electron chi connectivity index (χ4n) is 1.35. The number of rotatable bonds is 5. The summed E-state index contributed by atoms with van der Waals surface area (Å²) in [6.45, 7) is 6.18. The largest absolute Gasteiger partial charge is 0.329 e. The lowest BCUT2D eigenvalue weighted by atomic mass is 9.86. The van der Waals surface area contributed by atoms with Gasteiger partial charge in [-0.25, -0.2) is 0 Å². The van der Waals surface area contributed by atoms with Crippen molar-refractivity contribution in [3.63, 3.8) is 0 Å². The number of carbonyl (C=O) groups excluding carboxylic acids is 1. The molecule has 1 aromatic heterocycles. The van der Waals surface area contributed by atoms with E-state index in [1.165, 1.54) is 0 Å². The van der Waals surface area contributed by atoms with Crippen LogP contribution in [0.5, 0.6) is 0 Å². The van der Waals surface area contributed by atoms with Gasteiger partial charge in [0, 0.05) is 12.1 Å². The van der Waals surface area contributed by atoms with Gasteiger partial charge in [0.05, 0.1) is 11.6 Å². The average molecular weight is 224 g/mol. The number of carbonyl (C=O) groups is 1. The number of hydrogen-bond donors (Lipinski definition) is 3. The van der Waals surface area contributed by atoms with Gasteiger partial charge in [-0.2, -0.15) is 5.10 Å². The topological polar surface area (TPSA) is 83.8 Å². The number of H-pyrrole nitrogens is 1. The molecule has 0 saturated carbocycles. The van der Waals surface area contributed by atoms with Crippen LogP contribution < -0.4 is 11.1 Å². The van der Waals surface area contributed by atoms with E-state index in [9.17, 15) is 4.79 Å². The van der Waals surface area contributed by atoms with Gasteiger partial charge in [-0.15, -0.1) is 0 Å². The number of hydrogen-bond acceptors (Lipinski definition) is 3. The summed E-state index contributed by atoms with van der Waals surface area (Å²) in [4.78, 5) is 12.0. The second-order valence-corrected chi connectivity index (χ2v) is 4.20. The first kappa shape index (κ1) is 12.7. The standard InChI is InChI=1S/C11H20N4O/c1-4-8-6-13-15-9(8)14-10(16)11(3,5-2)7-12/h6H,4-5,7,12H2,1-3H3,(H2,13,14,15,16). The zero-order valence-electron chi connectivity index (χ0n) is 10.1. The van der Waals surface area contributed by atoms with Gasteiger partial charge >= 0.3 is 0 Å². The van der Waals surface area contributed by atoms with Gasteiger partial charge in [0.15, 0.2) is 0 Å². The number of aromatic nitrogens is 2. The fourth-order valence-corrected chi connectivity index (χ4v) is 1.35. The van der Waals surface area contributed by atoms with E-state index in [1.807, 2.05) is 20.8 Å². The Morgan fingerprint density at radius 2 is 2.31 bits per heavy atom. The molecule has 0 spiro atoms. The molecule has 0 aliphatic heterocycles. The van der Waals surface area contributed by atoms with E-state index in [0.717, 1.165) is 12.0 Å². The summed E-state index contributed by atoms with van der Waals surface area (Å²) in [5.41, 5.74) is 6.12. The van der Waals surface area contributed by atoms with Crippen molar-refractivity contribution in [2.24, 2.45) is 11.1 Å². The van der Waals surface area contributed by atoms with Crippen molar-refractivity contribution in [1.29, 1.82) is 0 Å². The molecule has 16 heavy (non-hydrogen) atoms. The Labute approximate surface area is 95.8 Å². The third kappa shape index (κ3) is 2.41. The van der Waals surface area contributed by atoms with Crippen LogP contribution >= 0.6 is 0 Å². The number of aryl methyl sites for hydroxylation is 1. The summed E-state index contributed by atoms with van der Waals surface area (Å²) in [5.74, 6) is 0.622. The Kier molecular flexibility index (Phi) is 4.06. The summed E-state index contributed by atoms with van der Waals surface area (Å²) in [6, 6.07) is 0. The number of nitrogens with one attached hydrogen (secondary N) is 2. The minimum atomic E-state index is -0.518. The maximum Gasteiger partial charge on any atom is 0.232 e. The molecule has 1 heterocycles. The maximum atomic E-state index is 12.0. The monoisotopic (exact) mass is 224 g/mol. The van der Waals surface area contributed by atoms with Crippen LogP contribution in [-0.4, -0.2) is 22.6 Å². The van der Waals surface area contributed by atoms with Crippen LogP contribution in [-0.2, 0) is 11.2 Å². The third-order valence-electron chi connectivity index (χ3n) is 3.12. The molecule has 0 aliphatic carbocycles. The highest BCUT2D eigenvalue weighted by atomic mass is 16.2. The molecule has 5 nitrogen and oxygen atoms in total. The minimum Gasteiger partial charge on any atom is -0.329 e. The molecule has 1 amide bonds. The summed E-state index contributed by atoms with van der Waals surface area (Å²) in [5, 5.41) is 9.54. The lowest BCUT2D eigenvalue weighted by Crippen LogP contribution is -2.39. The van der Waals surface area contributed by atoms with Crippen LogP contribution in [0.2, 0.25) is 0 Å². The second-order valence-electron chi connectivity index (χ2n) is 4.20. The van der Waals surface area contributed by atoms with Crippen LogP contribution in [0.1, 0.15) is 32.8 Å². The van der Waals surface area contributed by atoms with Crippen LogP contribution in [0.4, 0.5) is 5.82 Å². The van der Waals surface area contributed by atoms with Crippen LogP contribution in [0.3, 0.4) is 0 Å². The van der Waals surface area contributed by atoms with Gasteiger partial charge in [-0.3, -0.25) is 9.89 Å². The number of nitrogens with zero attached hydrogens (tertiary/aromatic N) is 1. The molecule has 1 atom stereocenters. The van der Waals surface area contributed by atoms with Crippen molar-refractivity contribution < 1.29 is 4.79 Å². The highest BCUT2D eigenvalue weighted by Crippen LogP contribution is 2.22. The van der Waals surface area contributed by atoms with Crippen molar-refractivity contribution in [2.45, 2.75) is 33.6 Å². The first-order valence-corrected chi connectivity index (χ1v) is 5.61.